The number of aromatic nitrogens is 2. The van der Waals surface area contributed by atoms with E-state index in [0.717, 1.165) is 16.8 Å². The lowest BCUT2D eigenvalue weighted by Gasteiger charge is -2.11. The maximum atomic E-state index is 14.4. The van der Waals surface area contributed by atoms with Gasteiger partial charge >= 0.3 is 12.6 Å². The normalized spacial score (nSPS) is 10.6. The lowest BCUT2D eigenvalue weighted by molar-refractivity contribution is -0.145. The smallest absolute Gasteiger partial charge is 0.387 e. The van der Waals surface area contributed by atoms with Gasteiger partial charge in [-0.15, -0.1) is 0 Å². The van der Waals surface area contributed by atoms with Crippen molar-refractivity contribution in [3.63, 3.8) is 0 Å². The van der Waals surface area contributed by atoms with Crippen molar-refractivity contribution in [2.45, 2.75) is 20.5 Å². The lowest BCUT2D eigenvalue weighted by Crippen LogP contribution is -2.15. The van der Waals surface area contributed by atoms with E-state index < -0.39 is 36.4 Å². The Hall–Kier alpha value is -2.93. The molecule has 0 aliphatic heterocycles. The molecule has 0 amide bonds. The molecule has 11 heteroatoms. The van der Waals surface area contributed by atoms with Crippen molar-refractivity contribution in [1.82, 2.24) is 9.78 Å². The van der Waals surface area contributed by atoms with E-state index in [1.54, 1.807) is 13.0 Å². The standard InChI is InChI=1S/C16H13ClF3N3O4/c1-3-25-14(24)7-26-13-5-11(10(18)4-9(13)17)23-12(6-21)15(8(2)22-23)27-16(19)20/h4-5,16H,3,7H2,1-2H3. The van der Waals surface area contributed by atoms with Crippen LogP contribution in [0.4, 0.5) is 13.2 Å². The number of nitrogens with zero attached hydrogens (tertiary/aromatic N) is 3. The van der Waals surface area contributed by atoms with Crippen LogP contribution in [0.5, 0.6) is 11.5 Å². The number of nitriles is 1. The fourth-order valence-electron chi connectivity index (χ4n) is 2.15. The molecule has 2 rings (SSSR count). The van der Waals surface area contributed by atoms with Gasteiger partial charge in [-0.3, -0.25) is 0 Å². The molecule has 0 spiro atoms. The van der Waals surface area contributed by atoms with E-state index in [-0.39, 0.29) is 28.8 Å². The van der Waals surface area contributed by atoms with Gasteiger partial charge in [0, 0.05) is 6.07 Å². The van der Waals surface area contributed by atoms with Gasteiger partial charge in [0.2, 0.25) is 0 Å². The van der Waals surface area contributed by atoms with Crippen LogP contribution in [-0.4, -0.2) is 35.6 Å². The molecule has 0 saturated carbocycles. The van der Waals surface area contributed by atoms with Crippen LogP contribution in [-0.2, 0) is 9.53 Å². The van der Waals surface area contributed by atoms with Gasteiger partial charge in [-0.25, -0.2) is 13.9 Å². The van der Waals surface area contributed by atoms with Crippen LogP contribution < -0.4 is 9.47 Å². The first-order valence-corrected chi connectivity index (χ1v) is 7.88. The SMILES string of the molecule is CCOC(=O)COc1cc(-n2nc(C)c(OC(F)F)c2C#N)c(F)cc1Cl. The summed E-state index contributed by atoms with van der Waals surface area (Å²) in [4.78, 5) is 11.4. The minimum Gasteiger partial charge on any atom is -0.480 e. The zero-order chi connectivity index (χ0) is 20.1. The highest BCUT2D eigenvalue weighted by molar-refractivity contribution is 6.32. The molecule has 0 atom stereocenters. The van der Waals surface area contributed by atoms with Crippen molar-refractivity contribution < 1.29 is 32.2 Å². The summed E-state index contributed by atoms with van der Waals surface area (Å²) in [6, 6.07) is 3.60. The monoisotopic (exact) mass is 403 g/mol. The molecule has 1 aromatic carbocycles. The Balaban J connectivity index is 2.46. The summed E-state index contributed by atoms with van der Waals surface area (Å²) < 4.78 is 54.4. The number of halogens is 4. The molecule has 0 aliphatic carbocycles. The fourth-order valence-corrected chi connectivity index (χ4v) is 2.35. The second kappa shape index (κ2) is 8.64. The number of esters is 1. The Morgan fingerprint density at radius 2 is 2.15 bits per heavy atom. The van der Waals surface area contributed by atoms with E-state index in [0.29, 0.717) is 0 Å². The summed E-state index contributed by atoms with van der Waals surface area (Å²) >= 11 is 5.89. The number of carbonyl (C=O) groups is 1. The van der Waals surface area contributed by atoms with Crippen LogP contribution in [0.2, 0.25) is 5.02 Å². The highest BCUT2D eigenvalue weighted by atomic mass is 35.5. The van der Waals surface area contributed by atoms with Gasteiger partial charge in [-0.2, -0.15) is 19.1 Å². The minimum absolute atomic E-state index is 0.0461. The van der Waals surface area contributed by atoms with Crippen LogP contribution in [0, 0.1) is 24.1 Å². The fraction of sp³-hybridized carbons (Fsp3) is 0.312. The van der Waals surface area contributed by atoms with Crippen molar-refractivity contribution in [2.75, 3.05) is 13.2 Å². The lowest BCUT2D eigenvalue weighted by atomic mass is 10.2. The number of rotatable bonds is 7. The topological polar surface area (TPSA) is 86.4 Å². The third-order valence-corrected chi connectivity index (χ3v) is 3.49. The number of benzene rings is 1. The van der Waals surface area contributed by atoms with Crippen molar-refractivity contribution in [2.24, 2.45) is 0 Å². The van der Waals surface area contributed by atoms with Crippen LogP contribution in [0.1, 0.15) is 18.3 Å². The highest BCUT2D eigenvalue weighted by Gasteiger charge is 2.23. The second-order valence-electron chi connectivity index (χ2n) is 4.99. The Bertz CT molecular complexity index is 896. The Morgan fingerprint density at radius 3 is 2.74 bits per heavy atom. The quantitative estimate of drug-likeness (QED) is 0.659. The van der Waals surface area contributed by atoms with Gasteiger partial charge in [0.05, 0.1) is 11.6 Å². The first-order valence-electron chi connectivity index (χ1n) is 7.50. The van der Waals surface area contributed by atoms with E-state index in [9.17, 15) is 23.2 Å². The first kappa shape index (κ1) is 20.4. The molecule has 2 aromatic rings. The summed E-state index contributed by atoms with van der Waals surface area (Å²) in [6.45, 7) is -0.589. The molecule has 0 unspecified atom stereocenters. The predicted molar refractivity (Wildman–Crippen MR) is 86.7 cm³/mol. The van der Waals surface area contributed by atoms with Crippen LogP contribution in [0.3, 0.4) is 0 Å². The molecule has 0 N–H and O–H groups in total. The van der Waals surface area contributed by atoms with E-state index in [1.165, 1.54) is 6.92 Å². The van der Waals surface area contributed by atoms with Crippen molar-refractivity contribution in [1.29, 1.82) is 5.26 Å². The minimum atomic E-state index is -3.19. The Morgan fingerprint density at radius 1 is 1.44 bits per heavy atom. The van der Waals surface area contributed by atoms with Gasteiger partial charge in [-0.1, -0.05) is 11.6 Å². The summed E-state index contributed by atoms with van der Waals surface area (Å²) in [5, 5.41) is 13.0. The number of carbonyl (C=O) groups excluding carboxylic acids is 1. The molecule has 144 valence electrons. The molecule has 0 radical (unpaired) electrons. The number of hydrogen-bond acceptors (Lipinski definition) is 6. The van der Waals surface area contributed by atoms with E-state index in [1.807, 2.05) is 0 Å². The van der Waals surface area contributed by atoms with Crippen LogP contribution >= 0.6 is 11.6 Å². The molecule has 0 bridgehead atoms. The summed E-state index contributed by atoms with van der Waals surface area (Å²) in [6.07, 6.45) is 0. The van der Waals surface area contributed by atoms with Crippen molar-refractivity contribution >= 4 is 17.6 Å². The van der Waals surface area contributed by atoms with Gasteiger partial charge in [0.15, 0.2) is 23.9 Å². The average molecular weight is 404 g/mol. The molecule has 7 nitrogen and oxygen atoms in total. The Labute approximate surface area is 156 Å². The van der Waals surface area contributed by atoms with Crippen LogP contribution in [0.25, 0.3) is 5.69 Å². The number of alkyl halides is 2. The molecule has 0 saturated heterocycles. The maximum Gasteiger partial charge on any atom is 0.387 e. The Kier molecular flexibility index (Phi) is 6.52. The molecular formula is C16H13ClF3N3O4. The zero-order valence-corrected chi connectivity index (χ0v) is 14.9. The second-order valence-corrected chi connectivity index (χ2v) is 5.40. The molecule has 0 fully saturated rings. The van der Waals surface area contributed by atoms with Gasteiger partial charge < -0.3 is 14.2 Å². The number of ether oxygens (including phenoxy) is 3. The van der Waals surface area contributed by atoms with Gasteiger partial charge in [0.1, 0.15) is 23.2 Å². The number of hydrogen-bond donors (Lipinski definition) is 0. The first-order chi connectivity index (χ1) is 12.8. The number of aryl methyl sites for hydroxylation is 1. The van der Waals surface area contributed by atoms with E-state index in [4.69, 9.17) is 21.1 Å². The van der Waals surface area contributed by atoms with Crippen molar-refractivity contribution in [3.8, 4) is 23.3 Å². The van der Waals surface area contributed by atoms with E-state index in [2.05, 4.69) is 9.84 Å². The molecular weight excluding hydrogens is 391 g/mol. The van der Waals surface area contributed by atoms with Gasteiger partial charge in [0.25, 0.3) is 0 Å². The molecule has 1 heterocycles. The highest BCUT2D eigenvalue weighted by Crippen LogP contribution is 2.33. The van der Waals surface area contributed by atoms with E-state index >= 15 is 0 Å². The third-order valence-electron chi connectivity index (χ3n) is 3.20. The zero-order valence-electron chi connectivity index (χ0n) is 14.1. The largest absolute Gasteiger partial charge is 0.480 e. The summed E-state index contributed by atoms with van der Waals surface area (Å²) in [5.74, 6) is -2.13. The maximum absolute atomic E-state index is 14.4. The molecule has 27 heavy (non-hydrogen) atoms. The summed E-state index contributed by atoms with van der Waals surface area (Å²) in [5.41, 5.74) is -0.789. The molecule has 1 aromatic heterocycles. The van der Waals surface area contributed by atoms with Crippen molar-refractivity contribution in [3.05, 3.63) is 34.4 Å². The molecule has 0 aliphatic rings. The third kappa shape index (κ3) is 4.62. The summed E-state index contributed by atoms with van der Waals surface area (Å²) in [7, 11) is 0. The van der Waals surface area contributed by atoms with Crippen LogP contribution in [0.15, 0.2) is 12.1 Å². The predicted octanol–water partition coefficient (Wildman–Crippen LogP) is 3.39. The van der Waals surface area contributed by atoms with Gasteiger partial charge in [-0.05, 0) is 19.9 Å². The average Bonchev–Trinajstić information content (AvgIpc) is 2.89.